The first-order valence-electron chi connectivity index (χ1n) is 5.80. The van der Waals surface area contributed by atoms with Gasteiger partial charge in [0.15, 0.2) is 5.84 Å². The molecule has 1 amide bonds. The number of carboxylic acids is 1. The van der Waals surface area contributed by atoms with Crippen LogP contribution in [-0.2, 0) is 9.59 Å². The standard InChI is InChI=1S/C12H15N3O3/c1-9-4-6-14-8-11(16)15(13-10(14)7-9)5-2-3-12(17)18/h4,6-7H,2-3,5,8H2,1H3,(H,17,18). The van der Waals surface area contributed by atoms with Gasteiger partial charge < -0.3 is 10.0 Å². The Kier molecular flexibility index (Phi) is 3.45. The largest absolute Gasteiger partial charge is 0.481 e. The summed E-state index contributed by atoms with van der Waals surface area (Å²) >= 11 is 0. The Labute approximate surface area is 105 Å². The Hall–Kier alpha value is -2.11. The molecule has 0 saturated carbocycles. The summed E-state index contributed by atoms with van der Waals surface area (Å²) in [5.74, 6) is -0.239. The van der Waals surface area contributed by atoms with Crippen LogP contribution in [0.15, 0.2) is 29.0 Å². The number of carboxylic acid groups (broad SMARTS) is 1. The second kappa shape index (κ2) is 5.03. The minimum absolute atomic E-state index is 0.0487. The molecule has 96 valence electrons. The second-order valence-corrected chi connectivity index (χ2v) is 4.30. The summed E-state index contributed by atoms with van der Waals surface area (Å²) in [5.41, 5.74) is 1.07. The first kappa shape index (κ1) is 12.3. The van der Waals surface area contributed by atoms with Gasteiger partial charge in [-0.25, -0.2) is 5.01 Å². The van der Waals surface area contributed by atoms with Crippen molar-refractivity contribution in [1.82, 2.24) is 9.91 Å². The van der Waals surface area contributed by atoms with E-state index in [4.69, 9.17) is 5.11 Å². The molecule has 18 heavy (non-hydrogen) atoms. The van der Waals surface area contributed by atoms with E-state index in [1.165, 1.54) is 5.01 Å². The molecule has 2 aliphatic heterocycles. The van der Waals surface area contributed by atoms with Crippen LogP contribution in [0.3, 0.4) is 0 Å². The van der Waals surface area contributed by atoms with Gasteiger partial charge in [-0.2, -0.15) is 5.10 Å². The molecule has 0 atom stereocenters. The highest BCUT2D eigenvalue weighted by Crippen LogP contribution is 2.14. The number of aliphatic carboxylic acids is 1. The van der Waals surface area contributed by atoms with E-state index in [9.17, 15) is 9.59 Å². The number of hydrogen-bond donors (Lipinski definition) is 1. The zero-order valence-electron chi connectivity index (χ0n) is 10.2. The van der Waals surface area contributed by atoms with E-state index < -0.39 is 5.97 Å². The van der Waals surface area contributed by atoms with Gasteiger partial charge in [0.2, 0.25) is 0 Å². The van der Waals surface area contributed by atoms with Crippen LogP contribution < -0.4 is 0 Å². The molecule has 0 fully saturated rings. The Bertz CT molecular complexity index is 465. The molecule has 0 saturated heterocycles. The number of hydrazone groups is 1. The maximum Gasteiger partial charge on any atom is 0.303 e. The Morgan fingerprint density at radius 1 is 1.56 bits per heavy atom. The molecule has 2 aliphatic rings. The molecule has 2 rings (SSSR count). The van der Waals surface area contributed by atoms with Gasteiger partial charge in [-0.3, -0.25) is 9.59 Å². The van der Waals surface area contributed by atoms with Crippen molar-refractivity contribution in [3.05, 3.63) is 23.9 Å². The monoisotopic (exact) mass is 249 g/mol. The minimum Gasteiger partial charge on any atom is -0.481 e. The molecule has 1 N–H and O–H groups in total. The van der Waals surface area contributed by atoms with Crippen LogP contribution in [0.1, 0.15) is 19.8 Å². The molecule has 0 bridgehead atoms. The first-order chi connectivity index (χ1) is 8.56. The van der Waals surface area contributed by atoms with Crippen molar-refractivity contribution in [2.75, 3.05) is 13.1 Å². The lowest BCUT2D eigenvalue weighted by Gasteiger charge is -2.31. The van der Waals surface area contributed by atoms with Gasteiger partial charge in [-0.1, -0.05) is 0 Å². The van der Waals surface area contributed by atoms with Crippen LogP contribution in [0.5, 0.6) is 0 Å². The minimum atomic E-state index is -0.856. The molecular weight excluding hydrogens is 234 g/mol. The van der Waals surface area contributed by atoms with E-state index in [1.54, 1.807) is 4.90 Å². The summed E-state index contributed by atoms with van der Waals surface area (Å²) in [5, 5.41) is 14.2. The van der Waals surface area contributed by atoms with Crippen LogP contribution in [0, 0.1) is 0 Å². The maximum absolute atomic E-state index is 11.8. The fourth-order valence-corrected chi connectivity index (χ4v) is 1.80. The van der Waals surface area contributed by atoms with Crippen molar-refractivity contribution < 1.29 is 14.7 Å². The lowest BCUT2D eigenvalue weighted by Crippen LogP contribution is -2.45. The van der Waals surface area contributed by atoms with E-state index in [-0.39, 0.29) is 18.9 Å². The van der Waals surface area contributed by atoms with Gasteiger partial charge in [0, 0.05) is 19.2 Å². The van der Waals surface area contributed by atoms with Crippen LogP contribution >= 0.6 is 0 Å². The van der Waals surface area contributed by atoms with Crippen molar-refractivity contribution in [3.63, 3.8) is 0 Å². The van der Waals surface area contributed by atoms with Crippen molar-refractivity contribution in [1.29, 1.82) is 0 Å². The summed E-state index contributed by atoms with van der Waals surface area (Å²) in [4.78, 5) is 24.0. The van der Waals surface area contributed by atoms with Gasteiger partial charge in [0.1, 0.15) is 6.54 Å². The summed E-state index contributed by atoms with van der Waals surface area (Å²) in [6.45, 7) is 2.56. The molecule has 0 aromatic carbocycles. The first-order valence-corrected chi connectivity index (χ1v) is 5.80. The molecule has 0 radical (unpaired) electrons. The summed E-state index contributed by atoms with van der Waals surface area (Å²) in [6.07, 6.45) is 6.12. The van der Waals surface area contributed by atoms with Crippen LogP contribution in [0.4, 0.5) is 0 Å². The third-order valence-corrected chi connectivity index (χ3v) is 2.75. The highest BCUT2D eigenvalue weighted by atomic mass is 16.4. The Morgan fingerprint density at radius 3 is 3.06 bits per heavy atom. The van der Waals surface area contributed by atoms with Crippen molar-refractivity contribution in [2.45, 2.75) is 19.8 Å². The SMILES string of the molecule is CC1=CC2=NN(CCCC(=O)O)C(=O)CN2C=C1. The fraction of sp³-hybridized carbons (Fsp3) is 0.417. The van der Waals surface area contributed by atoms with E-state index >= 15 is 0 Å². The maximum atomic E-state index is 11.8. The fourth-order valence-electron chi connectivity index (χ4n) is 1.80. The zero-order valence-corrected chi connectivity index (χ0v) is 10.2. The molecule has 2 heterocycles. The lowest BCUT2D eigenvalue weighted by molar-refractivity contribution is -0.138. The number of carbonyl (C=O) groups is 2. The van der Waals surface area contributed by atoms with Crippen LogP contribution in [0.25, 0.3) is 0 Å². The quantitative estimate of drug-likeness (QED) is 0.799. The number of rotatable bonds is 4. The molecule has 6 heteroatoms. The summed E-state index contributed by atoms with van der Waals surface area (Å²) < 4.78 is 0. The number of allylic oxidation sites excluding steroid dienone is 2. The highest BCUT2D eigenvalue weighted by molar-refractivity contribution is 6.00. The molecular formula is C12H15N3O3. The molecule has 0 aliphatic carbocycles. The Morgan fingerprint density at radius 2 is 2.33 bits per heavy atom. The van der Waals surface area contributed by atoms with E-state index in [0.717, 1.165) is 11.4 Å². The smallest absolute Gasteiger partial charge is 0.303 e. The third-order valence-electron chi connectivity index (χ3n) is 2.75. The summed E-state index contributed by atoms with van der Waals surface area (Å²) in [6, 6.07) is 0. The molecule has 6 nitrogen and oxygen atoms in total. The van der Waals surface area contributed by atoms with Gasteiger partial charge in [-0.15, -0.1) is 0 Å². The van der Waals surface area contributed by atoms with Crippen LogP contribution in [0.2, 0.25) is 0 Å². The second-order valence-electron chi connectivity index (χ2n) is 4.30. The van der Waals surface area contributed by atoms with E-state index in [1.807, 2.05) is 25.3 Å². The van der Waals surface area contributed by atoms with Crippen LogP contribution in [-0.4, -0.2) is 45.8 Å². The van der Waals surface area contributed by atoms with Gasteiger partial charge >= 0.3 is 5.97 Å². The number of nitrogens with zero attached hydrogens (tertiary/aromatic N) is 3. The van der Waals surface area contributed by atoms with Crippen molar-refractivity contribution in [2.24, 2.45) is 5.10 Å². The van der Waals surface area contributed by atoms with Gasteiger partial charge in [0.25, 0.3) is 5.91 Å². The predicted octanol–water partition coefficient (Wildman–Crippen LogP) is 0.783. The molecule has 0 spiro atoms. The van der Waals surface area contributed by atoms with Gasteiger partial charge in [-0.05, 0) is 31.1 Å². The third kappa shape index (κ3) is 2.77. The topological polar surface area (TPSA) is 73.2 Å². The summed E-state index contributed by atoms with van der Waals surface area (Å²) in [7, 11) is 0. The number of hydrogen-bond acceptors (Lipinski definition) is 4. The predicted molar refractivity (Wildman–Crippen MR) is 65.6 cm³/mol. The number of carbonyl (C=O) groups excluding carboxylic acids is 1. The molecule has 0 aromatic heterocycles. The van der Waals surface area contributed by atoms with Crippen molar-refractivity contribution in [3.8, 4) is 0 Å². The molecule has 0 aromatic rings. The van der Waals surface area contributed by atoms with E-state index in [2.05, 4.69) is 5.10 Å². The average Bonchev–Trinajstić information content (AvgIpc) is 2.30. The highest BCUT2D eigenvalue weighted by Gasteiger charge is 2.25. The van der Waals surface area contributed by atoms with Gasteiger partial charge in [0.05, 0.1) is 0 Å². The zero-order chi connectivity index (χ0) is 13.1. The number of fused-ring (bicyclic) bond motifs is 1. The normalized spacial score (nSPS) is 18.4. The molecule has 0 unspecified atom stereocenters. The lowest BCUT2D eigenvalue weighted by atomic mass is 10.2. The average molecular weight is 249 g/mol. The number of amidine groups is 1. The number of amides is 1. The van der Waals surface area contributed by atoms with Crippen molar-refractivity contribution >= 4 is 17.7 Å². The van der Waals surface area contributed by atoms with E-state index in [0.29, 0.717) is 13.0 Å². The Balaban J connectivity index is 2.04.